The van der Waals surface area contributed by atoms with Gasteiger partial charge in [-0.2, -0.15) is 0 Å². The molecule has 4 heteroatoms. The number of hydrogen-bond acceptors (Lipinski definition) is 3. The average Bonchev–Trinajstić information content (AvgIpc) is 2.46. The van der Waals surface area contributed by atoms with Gasteiger partial charge in [-0.25, -0.2) is 9.97 Å². The van der Waals surface area contributed by atoms with E-state index in [2.05, 4.69) is 21.0 Å². The van der Waals surface area contributed by atoms with Gasteiger partial charge in [-0.05, 0) is 24.8 Å². The number of fused-ring (bicyclic) bond motifs is 1. The zero-order chi connectivity index (χ0) is 14.1. The molecule has 0 unspecified atom stereocenters. The largest absolute Gasteiger partial charge is 0.252 e. The third kappa shape index (κ3) is 2.14. The number of halogens is 1. The summed E-state index contributed by atoms with van der Waals surface area (Å²) in [7, 11) is 0. The van der Waals surface area contributed by atoms with Crippen LogP contribution in [0, 0.1) is 6.92 Å². The van der Waals surface area contributed by atoms with Crippen molar-refractivity contribution >= 4 is 22.4 Å². The number of rotatable bonds is 2. The molecule has 0 spiro atoms. The number of hydrogen-bond donors (Lipinski definition) is 0. The van der Waals surface area contributed by atoms with Crippen LogP contribution in [0.15, 0.2) is 36.5 Å². The molecular formula is C16H14ClN3. The van der Waals surface area contributed by atoms with Gasteiger partial charge in [0.1, 0.15) is 10.8 Å². The second-order valence-electron chi connectivity index (χ2n) is 4.64. The Morgan fingerprint density at radius 2 is 1.90 bits per heavy atom. The van der Waals surface area contributed by atoms with Crippen LogP contribution < -0.4 is 0 Å². The lowest BCUT2D eigenvalue weighted by atomic mass is 10.1. The molecule has 0 N–H and O–H groups in total. The Morgan fingerprint density at radius 1 is 1.10 bits per heavy atom. The van der Waals surface area contributed by atoms with Crippen LogP contribution in [0.5, 0.6) is 0 Å². The quantitative estimate of drug-likeness (QED) is 0.661. The van der Waals surface area contributed by atoms with Crippen molar-refractivity contribution < 1.29 is 0 Å². The maximum absolute atomic E-state index is 6.26. The summed E-state index contributed by atoms with van der Waals surface area (Å²) in [5.41, 5.74) is 2.68. The molecule has 100 valence electrons. The summed E-state index contributed by atoms with van der Waals surface area (Å²) in [6.45, 7) is 4.01. The number of pyridine rings is 1. The molecule has 0 fully saturated rings. The second-order valence-corrected chi connectivity index (χ2v) is 4.99. The highest BCUT2D eigenvalue weighted by Gasteiger charge is 2.13. The van der Waals surface area contributed by atoms with Crippen molar-refractivity contribution in [2.24, 2.45) is 0 Å². The maximum atomic E-state index is 6.26. The van der Waals surface area contributed by atoms with Crippen molar-refractivity contribution in [2.75, 3.05) is 0 Å². The van der Waals surface area contributed by atoms with Gasteiger partial charge in [0.2, 0.25) is 0 Å². The third-order valence-electron chi connectivity index (χ3n) is 3.40. The molecular weight excluding hydrogens is 270 g/mol. The van der Waals surface area contributed by atoms with Crippen LogP contribution in [0.25, 0.3) is 22.3 Å². The van der Waals surface area contributed by atoms with E-state index >= 15 is 0 Å². The molecule has 3 nitrogen and oxygen atoms in total. The Labute approximate surface area is 122 Å². The van der Waals surface area contributed by atoms with Gasteiger partial charge in [0.05, 0.1) is 0 Å². The summed E-state index contributed by atoms with van der Waals surface area (Å²) >= 11 is 6.26. The zero-order valence-corrected chi connectivity index (χ0v) is 12.1. The summed E-state index contributed by atoms with van der Waals surface area (Å²) in [5.74, 6) is 0.585. The van der Waals surface area contributed by atoms with Crippen LogP contribution in [0.4, 0.5) is 0 Å². The van der Waals surface area contributed by atoms with Crippen LogP contribution in [0.1, 0.15) is 18.2 Å². The topological polar surface area (TPSA) is 38.7 Å². The highest BCUT2D eigenvalue weighted by atomic mass is 35.5. The van der Waals surface area contributed by atoms with Crippen LogP contribution >= 0.6 is 11.6 Å². The molecule has 3 aromatic rings. The van der Waals surface area contributed by atoms with Crippen molar-refractivity contribution in [1.29, 1.82) is 0 Å². The molecule has 0 radical (unpaired) electrons. The number of benzene rings is 1. The number of aromatic nitrogens is 3. The highest BCUT2D eigenvalue weighted by Crippen LogP contribution is 2.26. The lowest BCUT2D eigenvalue weighted by molar-refractivity contribution is 0.997. The smallest absolute Gasteiger partial charge is 0.180 e. The van der Waals surface area contributed by atoms with E-state index in [1.165, 1.54) is 0 Å². The molecule has 0 saturated heterocycles. The molecule has 20 heavy (non-hydrogen) atoms. The van der Waals surface area contributed by atoms with Gasteiger partial charge in [-0.3, -0.25) is 4.98 Å². The van der Waals surface area contributed by atoms with Gasteiger partial charge in [0.15, 0.2) is 5.82 Å². The minimum Gasteiger partial charge on any atom is -0.252 e. The monoisotopic (exact) mass is 283 g/mol. The fourth-order valence-corrected chi connectivity index (χ4v) is 2.72. The summed E-state index contributed by atoms with van der Waals surface area (Å²) < 4.78 is 0. The molecule has 0 saturated carbocycles. The van der Waals surface area contributed by atoms with Gasteiger partial charge in [0.25, 0.3) is 0 Å². The second kappa shape index (κ2) is 5.17. The van der Waals surface area contributed by atoms with Gasteiger partial charge in [0, 0.05) is 22.8 Å². The fraction of sp³-hybridized carbons (Fsp3) is 0.188. The molecule has 0 amide bonds. The molecule has 2 heterocycles. The molecule has 3 rings (SSSR count). The number of aryl methyl sites for hydroxylation is 1. The molecule has 0 aliphatic carbocycles. The third-order valence-corrected chi connectivity index (χ3v) is 3.72. The van der Waals surface area contributed by atoms with E-state index in [1.807, 2.05) is 38.1 Å². The zero-order valence-electron chi connectivity index (χ0n) is 11.4. The van der Waals surface area contributed by atoms with Gasteiger partial charge < -0.3 is 0 Å². The normalized spacial score (nSPS) is 10.9. The predicted octanol–water partition coefficient (Wildman–Crippen LogP) is 4.22. The minimum atomic E-state index is 0.518. The highest BCUT2D eigenvalue weighted by molar-refractivity contribution is 6.30. The first kappa shape index (κ1) is 13.0. The first-order valence-electron chi connectivity index (χ1n) is 6.58. The van der Waals surface area contributed by atoms with E-state index < -0.39 is 0 Å². The SMILES string of the molecule is CCc1c(C)nc(-c2nccc3ccccc23)nc1Cl. The fourth-order valence-electron chi connectivity index (χ4n) is 2.37. The number of nitrogens with zero attached hydrogens (tertiary/aromatic N) is 3. The van der Waals surface area contributed by atoms with Crippen LogP contribution in [-0.2, 0) is 6.42 Å². The summed E-state index contributed by atoms with van der Waals surface area (Å²) in [6, 6.07) is 10.1. The van der Waals surface area contributed by atoms with Crippen molar-refractivity contribution in [1.82, 2.24) is 15.0 Å². The van der Waals surface area contributed by atoms with E-state index in [0.717, 1.165) is 34.1 Å². The van der Waals surface area contributed by atoms with Crippen molar-refractivity contribution in [3.63, 3.8) is 0 Å². The van der Waals surface area contributed by atoms with Gasteiger partial charge >= 0.3 is 0 Å². The van der Waals surface area contributed by atoms with Crippen molar-refractivity contribution in [3.05, 3.63) is 52.9 Å². The summed E-state index contributed by atoms with van der Waals surface area (Å²) in [4.78, 5) is 13.4. The Balaban J connectivity index is 2.26. The molecule has 0 aliphatic rings. The molecule has 0 aliphatic heterocycles. The molecule has 1 aromatic carbocycles. The summed E-state index contributed by atoms with van der Waals surface area (Å²) in [6.07, 6.45) is 2.60. The minimum absolute atomic E-state index is 0.518. The summed E-state index contributed by atoms with van der Waals surface area (Å²) in [5, 5.41) is 2.67. The van der Waals surface area contributed by atoms with E-state index in [-0.39, 0.29) is 0 Å². The van der Waals surface area contributed by atoms with E-state index in [0.29, 0.717) is 11.0 Å². The lowest BCUT2D eigenvalue weighted by Crippen LogP contribution is -2.00. The first-order valence-corrected chi connectivity index (χ1v) is 6.95. The van der Waals surface area contributed by atoms with Crippen molar-refractivity contribution in [2.45, 2.75) is 20.3 Å². The van der Waals surface area contributed by atoms with Crippen LogP contribution in [0.3, 0.4) is 0 Å². The van der Waals surface area contributed by atoms with E-state index in [4.69, 9.17) is 11.6 Å². The molecule has 0 atom stereocenters. The van der Waals surface area contributed by atoms with Crippen LogP contribution in [-0.4, -0.2) is 15.0 Å². The maximum Gasteiger partial charge on any atom is 0.180 e. The lowest BCUT2D eigenvalue weighted by Gasteiger charge is -2.09. The Morgan fingerprint density at radius 3 is 2.65 bits per heavy atom. The molecule has 2 aromatic heterocycles. The Hall–Kier alpha value is -2.00. The van der Waals surface area contributed by atoms with E-state index in [1.54, 1.807) is 6.20 Å². The van der Waals surface area contributed by atoms with Gasteiger partial charge in [-0.1, -0.05) is 42.8 Å². The van der Waals surface area contributed by atoms with Gasteiger partial charge in [-0.15, -0.1) is 0 Å². The average molecular weight is 284 g/mol. The standard InChI is InChI=1S/C16H14ClN3/c1-3-12-10(2)19-16(20-15(12)17)14-13-7-5-4-6-11(13)8-9-18-14/h4-9H,3H2,1-2H3. The Bertz CT molecular complexity index is 755. The molecule has 0 bridgehead atoms. The van der Waals surface area contributed by atoms with Crippen molar-refractivity contribution in [3.8, 4) is 11.5 Å². The Kier molecular flexibility index (Phi) is 3.36. The van der Waals surface area contributed by atoms with Crippen LogP contribution in [0.2, 0.25) is 5.15 Å². The first-order chi connectivity index (χ1) is 9.70. The predicted molar refractivity (Wildman–Crippen MR) is 81.9 cm³/mol. The van der Waals surface area contributed by atoms with E-state index in [9.17, 15) is 0 Å².